The van der Waals surface area contributed by atoms with Crippen molar-refractivity contribution in [3.63, 3.8) is 0 Å². The molecule has 0 saturated heterocycles. The number of rotatable bonds is 4. The van der Waals surface area contributed by atoms with Gasteiger partial charge in [-0.25, -0.2) is 4.99 Å². The van der Waals surface area contributed by atoms with E-state index in [1.165, 1.54) is 12.1 Å². The van der Waals surface area contributed by atoms with Crippen LogP contribution in [0.25, 0.3) is 0 Å². The van der Waals surface area contributed by atoms with Gasteiger partial charge in [-0.2, -0.15) is 22.8 Å². The molecule has 1 N–H and O–H groups in total. The quantitative estimate of drug-likeness (QED) is 0.305. The van der Waals surface area contributed by atoms with Gasteiger partial charge in [-0.3, -0.25) is 5.32 Å². The lowest BCUT2D eigenvalue weighted by Gasteiger charge is -2.16. The van der Waals surface area contributed by atoms with Crippen LogP contribution in [0.15, 0.2) is 29.3 Å². The minimum atomic E-state index is -4.57. The van der Waals surface area contributed by atoms with E-state index in [2.05, 4.69) is 15.0 Å². The third kappa shape index (κ3) is 4.62. The maximum Gasteiger partial charge on any atom is 0.461 e. The second kappa shape index (κ2) is 7.00. The second-order valence-electron chi connectivity index (χ2n) is 3.32. The number of hydrogen-bond acceptors (Lipinski definition) is 4. The third-order valence-electron chi connectivity index (χ3n) is 1.91. The van der Waals surface area contributed by atoms with Gasteiger partial charge in [0.15, 0.2) is 11.4 Å². The largest absolute Gasteiger partial charge is 0.461 e. The number of benzene rings is 1. The third-order valence-corrected chi connectivity index (χ3v) is 2.49. The number of thioether (sulfide) groups is 1. The molecular formula is C11H9F4N3OS. The van der Waals surface area contributed by atoms with Gasteiger partial charge < -0.3 is 4.74 Å². The van der Waals surface area contributed by atoms with Gasteiger partial charge in [-0.15, -0.1) is 0 Å². The van der Waals surface area contributed by atoms with Crippen molar-refractivity contribution in [3.8, 4) is 11.9 Å². The molecule has 0 aliphatic carbocycles. The molecule has 0 aromatic heterocycles. The lowest BCUT2D eigenvalue weighted by Crippen LogP contribution is -2.33. The Morgan fingerprint density at radius 3 is 2.75 bits per heavy atom. The number of alkyl halides is 4. The first-order valence-corrected chi connectivity index (χ1v) is 6.34. The summed E-state index contributed by atoms with van der Waals surface area (Å²) in [6, 6.07) is 4.93. The standard InChI is InChI=1S/C11H9F4N3OS/c1-20-10(17-6-16)18-7-3-2-4-8(5-7)19-11(14,15)9(12)13/h2-5,9H,1H3,(H,17,18). The highest BCUT2D eigenvalue weighted by Crippen LogP contribution is 2.29. The normalized spacial score (nSPS) is 12.2. The van der Waals surface area contributed by atoms with Crippen molar-refractivity contribution < 1.29 is 22.3 Å². The van der Waals surface area contributed by atoms with Crippen LogP contribution in [-0.2, 0) is 0 Å². The van der Waals surface area contributed by atoms with Crippen molar-refractivity contribution in [2.75, 3.05) is 6.26 Å². The molecular weight excluding hydrogens is 298 g/mol. The van der Waals surface area contributed by atoms with Gasteiger partial charge in [0.1, 0.15) is 5.75 Å². The Morgan fingerprint density at radius 1 is 1.50 bits per heavy atom. The maximum atomic E-state index is 12.7. The van der Waals surface area contributed by atoms with E-state index in [9.17, 15) is 17.6 Å². The van der Waals surface area contributed by atoms with E-state index in [1.54, 1.807) is 12.4 Å². The number of hydrogen-bond donors (Lipinski definition) is 1. The highest BCUT2D eigenvalue weighted by Gasteiger charge is 2.43. The molecule has 0 heterocycles. The minimum absolute atomic E-state index is 0.180. The van der Waals surface area contributed by atoms with Crippen molar-refractivity contribution >= 4 is 22.6 Å². The molecule has 0 aliphatic rings. The highest BCUT2D eigenvalue weighted by atomic mass is 32.2. The molecule has 4 nitrogen and oxygen atoms in total. The van der Waals surface area contributed by atoms with Crippen LogP contribution in [0.1, 0.15) is 0 Å². The van der Waals surface area contributed by atoms with Crippen LogP contribution < -0.4 is 10.1 Å². The molecule has 0 saturated carbocycles. The van der Waals surface area contributed by atoms with Crippen LogP contribution in [0, 0.1) is 11.5 Å². The summed E-state index contributed by atoms with van der Waals surface area (Å²) in [4.78, 5) is 3.94. The van der Waals surface area contributed by atoms with Crippen molar-refractivity contribution in [2.45, 2.75) is 12.5 Å². The van der Waals surface area contributed by atoms with Gasteiger partial charge in [0.2, 0.25) is 0 Å². The average Bonchev–Trinajstić information content (AvgIpc) is 2.38. The fourth-order valence-corrected chi connectivity index (χ4v) is 1.45. The molecule has 0 fully saturated rings. The number of nitrogens with zero attached hydrogens (tertiary/aromatic N) is 2. The summed E-state index contributed by atoms with van der Waals surface area (Å²) in [7, 11) is 0. The maximum absolute atomic E-state index is 12.7. The Balaban J connectivity index is 2.94. The van der Waals surface area contributed by atoms with Gasteiger partial charge in [-0.05, 0) is 18.4 Å². The summed E-state index contributed by atoms with van der Waals surface area (Å²) in [5.74, 6) is -0.450. The molecule has 1 aromatic carbocycles. The number of amidine groups is 1. The van der Waals surface area contributed by atoms with Crippen LogP contribution in [0.5, 0.6) is 5.75 Å². The van der Waals surface area contributed by atoms with Gasteiger partial charge in [0.25, 0.3) is 0 Å². The van der Waals surface area contributed by atoms with Crippen LogP contribution in [-0.4, -0.2) is 24.0 Å². The smallest absolute Gasteiger partial charge is 0.428 e. The molecule has 1 rings (SSSR count). The number of nitriles is 1. The molecule has 108 valence electrons. The summed E-state index contributed by atoms with van der Waals surface area (Å²) in [6.07, 6.45) is -5.21. The van der Waals surface area contributed by atoms with Crippen molar-refractivity contribution in [3.05, 3.63) is 24.3 Å². The first-order chi connectivity index (χ1) is 9.39. The van der Waals surface area contributed by atoms with Gasteiger partial charge in [0.05, 0.1) is 5.69 Å². The monoisotopic (exact) mass is 307 g/mol. The lowest BCUT2D eigenvalue weighted by atomic mass is 10.3. The first kappa shape index (κ1) is 16.1. The second-order valence-corrected chi connectivity index (χ2v) is 4.11. The Labute approximate surface area is 116 Å². The molecule has 0 aliphatic heterocycles. The number of halogens is 4. The van der Waals surface area contributed by atoms with E-state index >= 15 is 0 Å². The Bertz CT molecular complexity index is 531. The predicted octanol–water partition coefficient (Wildman–Crippen LogP) is 3.34. The Morgan fingerprint density at radius 2 is 2.20 bits per heavy atom. The summed E-state index contributed by atoms with van der Waals surface area (Å²) in [6.45, 7) is 0. The summed E-state index contributed by atoms with van der Waals surface area (Å²) >= 11 is 1.12. The molecule has 1 aromatic rings. The molecule has 0 unspecified atom stereocenters. The van der Waals surface area contributed by atoms with Crippen molar-refractivity contribution in [1.29, 1.82) is 5.26 Å². The van der Waals surface area contributed by atoms with Crippen LogP contribution in [0.3, 0.4) is 0 Å². The van der Waals surface area contributed by atoms with E-state index in [-0.39, 0.29) is 10.9 Å². The van der Waals surface area contributed by atoms with E-state index in [0.717, 1.165) is 23.9 Å². The van der Waals surface area contributed by atoms with E-state index in [0.29, 0.717) is 0 Å². The fourth-order valence-electron chi connectivity index (χ4n) is 1.11. The number of aliphatic imine (C=N–C) groups is 1. The molecule has 20 heavy (non-hydrogen) atoms. The van der Waals surface area contributed by atoms with Gasteiger partial charge in [-0.1, -0.05) is 17.8 Å². The van der Waals surface area contributed by atoms with E-state index in [4.69, 9.17) is 5.26 Å². The van der Waals surface area contributed by atoms with Gasteiger partial charge in [0, 0.05) is 6.07 Å². The van der Waals surface area contributed by atoms with Crippen LogP contribution in [0.4, 0.5) is 23.2 Å². The average molecular weight is 307 g/mol. The molecule has 0 atom stereocenters. The number of ether oxygens (including phenoxy) is 1. The van der Waals surface area contributed by atoms with E-state index < -0.39 is 18.3 Å². The zero-order valence-corrected chi connectivity index (χ0v) is 10.9. The van der Waals surface area contributed by atoms with Gasteiger partial charge >= 0.3 is 12.5 Å². The molecule has 0 bridgehead atoms. The van der Waals surface area contributed by atoms with Crippen molar-refractivity contribution in [2.24, 2.45) is 4.99 Å². The Kier molecular flexibility index (Phi) is 5.64. The highest BCUT2D eigenvalue weighted by molar-refractivity contribution is 8.13. The predicted molar refractivity (Wildman–Crippen MR) is 67.4 cm³/mol. The first-order valence-electron chi connectivity index (χ1n) is 5.12. The summed E-state index contributed by atoms with van der Waals surface area (Å²) in [5.41, 5.74) is 0.180. The molecule has 0 radical (unpaired) electrons. The zero-order chi connectivity index (χ0) is 15.2. The van der Waals surface area contributed by atoms with E-state index in [1.807, 2.05) is 0 Å². The molecule has 0 spiro atoms. The number of nitrogens with one attached hydrogen (secondary N) is 1. The zero-order valence-electron chi connectivity index (χ0n) is 10.1. The lowest BCUT2D eigenvalue weighted by molar-refractivity contribution is -0.253. The molecule has 0 amide bonds. The topological polar surface area (TPSA) is 57.4 Å². The summed E-state index contributed by atoms with van der Waals surface area (Å²) in [5, 5.41) is 11.0. The van der Waals surface area contributed by atoms with Crippen LogP contribution >= 0.6 is 11.8 Å². The van der Waals surface area contributed by atoms with Crippen LogP contribution in [0.2, 0.25) is 0 Å². The minimum Gasteiger partial charge on any atom is -0.428 e. The fraction of sp³-hybridized carbons (Fsp3) is 0.273. The summed E-state index contributed by atoms with van der Waals surface area (Å²) < 4.78 is 53.4. The Hall–Kier alpha value is -1.95. The molecule has 9 heteroatoms. The van der Waals surface area contributed by atoms with Crippen molar-refractivity contribution in [1.82, 2.24) is 5.32 Å². The SMILES string of the molecule is CSC(=Nc1cccc(OC(F)(F)C(F)F)c1)NC#N.